The number of methoxy groups -OCH3 is 1. The van der Waals surface area contributed by atoms with E-state index in [-0.39, 0.29) is 0 Å². The average Bonchev–Trinajstić information content (AvgIpc) is 2.38. The molecule has 0 N–H and O–H groups in total. The molecule has 2 aromatic carbocycles. The SMILES string of the molecule is COc1cccc2c1Sc1ccccc1N2C. The molecular formula is C14H13NOS. The summed E-state index contributed by atoms with van der Waals surface area (Å²) >= 11 is 1.77. The first kappa shape index (κ1) is 10.5. The van der Waals surface area contributed by atoms with Gasteiger partial charge in [-0.1, -0.05) is 30.0 Å². The normalized spacial score (nSPS) is 12.9. The molecular weight excluding hydrogens is 230 g/mol. The van der Waals surface area contributed by atoms with Gasteiger partial charge in [0.15, 0.2) is 0 Å². The molecule has 17 heavy (non-hydrogen) atoms. The number of nitrogens with zero attached hydrogens (tertiary/aromatic N) is 1. The van der Waals surface area contributed by atoms with E-state index in [9.17, 15) is 0 Å². The maximum absolute atomic E-state index is 5.43. The zero-order valence-electron chi connectivity index (χ0n) is 9.81. The van der Waals surface area contributed by atoms with Gasteiger partial charge in [0.05, 0.1) is 23.4 Å². The highest BCUT2D eigenvalue weighted by atomic mass is 32.2. The van der Waals surface area contributed by atoms with Crippen LogP contribution in [0, 0.1) is 0 Å². The van der Waals surface area contributed by atoms with Crippen molar-refractivity contribution in [2.24, 2.45) is 0 Å². The Balaban J connectivity index is 2.19. The standard InChI is InChI=1S/C14H13NOS/c1-15-10-6-3-4-9-13(10)17-14-11(15)7-5-8-12(14)16-2/h3-9H,1-2H3. The number of rotatable bonds is 1. The van der Waals surface area contributed by atoms with Crippen LogP contribution >= 0.6 is 11.8 Å². The molecule has 0 saturated carbocycles. The first-order chi connectivity index (χ1) is 8.31. The van der Waals surface area contributed by atoms with Crippen molar-refractivity contribution in [3.8, 4) is 5.75 Å². The summed E-state index contributed by atoms with van der Waals surface area (Å²) in [6.45, 7) is 0. The summed E-state index contributed by atoms with van der Waals surface area (Å²) in [7, 11) is 3.81. The second-order valence-electron chi connectivity index (χ2n) is 3.94. The smallest absolute Gasteiger partial charge is 0.134 e. The van der Waals surface area contributed by atoms with Gasteiger partial charge in [0, 0.05) is 11.9 Å². The monoisotopic (exact) mass is 243 g/mol. The maximum atomic E-state index is 5.43. The second kappa shape index (κ2) is 4.00. The third kappa shape index (κ3) is 1.58. The Kier molecular flexibility index (Phi) is 2.48. The summed E-state index contributed by atoms with van der Waals surface area (Å²) in [5, 5.41) is 0. The molecule has 0 unspecified atom stereocenters. The Morgan fingerprint density at radius 3 is 2.59 bits per heavy atom. The maximum Gasteiger partial charge on any atom is 0.134 e. The fourth-order valence-electron chi connectivity index (χ4n) is 2.09. The van der Waals surface area contributed by atoms with Crippen molar-refractivity contribution in [2.75, 3.05) is 19.1 Å². The molecule has 2 nitrogen and oxygen atoms in total. The minimum Gasteiger partial charge on any atom is -0.495 e. The minimum atomic E-state index is 0.939. The lowest BCUT2D eigenvalue weighted by Gasteiger charge is -2.30. The Labute approximate surface area is 105 Å². The molecule has 1 aliphatic heterocycles. The summed E-state index contributed by atoms with van der Waals surface area (Å²) in [5.74, 6) is 0.939. The highest BCUT2D eigenvalue weighted by Crippen LogP contribution is 2.50. The molecule has 0 amide bonds. The lowest BCUT2D eigenvalue weighted by atomic mass is 10.2. The van der Waals surface area contributed by atoms with Crippen LogP contribution in [-0.2, 0) is 0 Å². The van der Waals surface area contributed by atoms with Crippen molar-refractivity contribution in [1.82, 2.24) is 0 Å². The van der Waals surface area contributed by atoms with Crippen LogP contribution < -0.4 is 9.64 Å². The summed E-state index contributed by atoms with van der Waals surface area (Å²) in [4.78, 5) is 4.67. The van der Waals surface area contributed by atoms with E-state index in [0.29, 0.717) is 0 Å². The summed E-state index contributed by atoms with van der Waals surface area (Å²) < 4.78 is 5.43. The number of anilines is 2. The van der Waals surface area contributed by atoms with Gasteiger partial charge < -0.3 is 9.64 Å². The average molecular weight is 243 g/mol. The van der Waals surface area contributed by atoms with Gasteiger partial charge in [0.25, 0.3) is 0 Å². The summed E-state index contributed by atoms with van der Waals surface area (Å²) in [6, 6.07) is 14.6. The molecule has 0 aliphatic carbocycles. The molecule has 3 rings (SSSR count). The van der Waals surface area contributed by atoms with Gasteiger partial charge in [-0.3, -0.25) is 0 Å². The Hall–Kier alpha value is -1.61. The molecule has 2 aromatic rings. The predicted octanol–water partition coefficient (Wildman–Crippen LogP) is 3.93. The van der Waals surface area contributed by atoms with Crippen molar-refractivity contribution in [3.63, 3.8) is 0 Å². The van der Waals surface area contributed by atoms with Crippen molar-refractivity contribution in [2.45, 2.75) is 9.79 Å². The highest BCUT2D eigenvalue weighted by molar-refractivity contribution is 7.99. The van der Waals surface area contributed by atoms with E-state index in [0.717, 1.165) is 5.75 Å². The molecule has 1 heterocycles. The van der Waals surface area contributed by atoms with E-state index in [2.05, 4.69) is 42.3 Å². The van der Waals surface area contributed by atoms with E-state index >= 15 is 0 Å². The van der Waals surface area contributed by atoms with Crippen molar-refractivity contribution < 1.29 is 4.74 Å². The van der Waals surface area contributed by atoms with E-state index in [1.54, 1.807) is 18.9 Å². The molecule has 0 atom stereocenters. The first-order valence-electron chi connectivity index (χ1n) is 5.49. The predicted molar refractivity (Wildman–Crippen MR) is 71.6 cm³/mol. The van der Waals surface area contributed by atoms with Crippen LogP contribution in [0.15, 0.2) is 52.3 Å². The molecule has 0 radical (unpaired) electrons. The van der Waals surface area contributed by atoms with Gasteiger partial charge in [0.1, 0.15) is 5.75 Å². The molecule has 0 aromatic heterocycles. The minimum absolute atomic E-state index is 0.939. The second-order valence-corrected chi connectivity index (χ2v) is 4.99. The van der Waals surface area contributed by atoms with Crippen LogP contribution in [0.5, 0.6) is 5.75 Å². The van der Waals surface area contributed by atoms with Gasteiger partial charge >= 0.3 is 0 Å². The van der Waals surface area contributed by atoms with Crippen LogP contribution in [0.2, 0.25) is 0 Å². The van der Waals surface area contributed by atoms with E-state index < -0.39 is 0 Å². The van der Waals surface area contributed by atoms with E-state index in [4.69, 9.17) is 4.74 Å². The van der Waals surface area contributed by atoms with Crippen LogP contribution in [0.1, 0.15) is 0 Å². The molecule has 0 fully saturated rings. The van der Waals surface area contributed by atoms with Crippen LogP contribution in [0.3, 0.4) is 0 Å². The third-order valence-electron chi connectivity index (χ3n) is 2.98. The van der Waals surface area contributed by atoms with Gasteiger partial charge in [-0.15, -0.1) is 0 Å². The summed E-state index contributed by atoms with van der Waals surface area (Å²) in [5.41, 5.74) is 2.45. The third-order valence-corrected chi connectivity index (χ3v) is 4.16. The zero-order valence-corrected chi connectivity index (χ0v) is 10.6. The number of fused-ring (bicyclic) bond motifs is 2. The van der Waals surface area contributed by atoms with Gasteiger partial charge in [0.2, 0.25) is 0 Å². The molecule has 0 saturated heterocycles. The largest absolute Gasteiger partial charge is 0.495 e. The zero-order chi connectivity index (χ0) is 11.8. The fraction of sp³-hybridized carbons (Fsp3) is 0.143. The van der Waals surface area contributed by atoms with Gasteiger partial charge in [-0.25, -0.2) is 0 Å². The Bertz CT molecular complexity index is 568. The highest BCUT2D eigenvalue weighted by Gasteiger charge is 2.22. The van der Waals surface area contributed by atoms with Crippen LogP contribution in [-0.4, -0.2) is 14.2 Å². The number of ether oxygens (including phenoxy) is 1. The molecule has 0 spiro atoms. The van der Waals surface area contributed by atoms with E-state index in [1.165, 1.54) is 21.2 Å². The topological polar surface area (TPSA) is 12.5 Å². The lowest BCUT2D eigenvalue weighted by molar-refractivity contribution is 0.405. The quantitative estimate of drug-likeness (QED) is 0.753. The Morgan fingerprint density at radius 1 is 1.00 bits per heavy atom. The van der Waals surface area contributed by atoms with Gasteiger partial charge in [-0.2, -0.15) is 0 Å². The number of para-hydroxylation sites is 1. The number of hydrogen-bond acceptors (Lipinski definition) is 3. The first-order valence-corrected chi connectivity index (χ1v) is 6.30. The molecule has 86 valence electrons. The van der Waals surface area contributed by atoms with E-state index in [1.807, 2.05) is 12.1 Å². The lowest BCUT2D eigenvalue weighted by Crippen LogP contribution is -2.14. The van der Waals surface area contributed by atoms with Crippen molar-refractivity contribution in [3.05, 3.63) is 42.5 Å². The van der Waals surface area contributed by atoms with Crippen molar-refractivity contribution in [1.29, 1.82) is 0 Å². The molecule has 1 aliphatic rings. The van der Waals surface area contributed by atoms with Gasteiger partial charge in [-0.05, 0) is 24.3 Å². The summed E-state index contributed by atoms with van der Waals surface area (Å²) in [6.07, 6.45) is 0. The molecule has 3 heteroatoms. The number of benzene rings is 2. The Morgan fingerprint density at radius 2 is 1.76 bits per heavy atom. The number of hydrogen-bond donors (Lipinski definition) is 0. The van der Waals surface area contributed by atoms with Crippen LogP contribution in [0.25, 0.3) is 0 Å². The molecule has 0 bridgehead atoms. The van der Waals surface area contributed by atoms with Crippen molar-refractivity contribution >= 4 is 23.1 Å². The van der Waals surface area contributed by atoms with Crippen LogP contribution in [0.4, 0.5) is 11.4 Å². The fourth-order valence-corrected chi connectivity index (χ4v) is 3.33.